The minimum Gasteiger partial charge on any atom is -0.481 e. The van der Waals surface area contributed by atoms with Gasteiger partial charge in [-0.05, 0) is 11.8 Å². The third-order valence-electron chi connectivity index (χ3n) is 2.62. The van der Waals surface area contributed by atoms with Gasteiger partial charge < -0.3 is 38.9 Å². The SMILES string of the molecule is CC(C)C(C)C.N.N.N.O=C(O)CC(O)(CC(=O)O)C(=O)O. The maximum atomic E-state index is 10.3. The van der Waals surface area contributed by atoms with E-state index in [9.17, 15) is 14.4 Å². The van der Waals surface area contributed by atoms with Crippen molar-refractivity contribution in [3.05, 3.63) is 0 Å². The molecule has 136 valence electrons. The van der Waals surface area contributed by atoms with Crippen LogP contribution < -0.4 is 18.5 Å². The second-order valence-electron chi connectivity index (χ2n) is 4.97. The molecule has 0 aliphatic carbocycles. The number of aliphatic hydroxyl groups is 1. The molecule has 0 radical (unpaired) electrons. The van der Waals surface area contributed by atoms with Crippen LogP contribution in [0.25, 0.3) is 0 Å². The van der Waals surface area contributed by atoms with Crippen LogP contribution in [-0.4, -0.2) is 43.9 Å². The number of rotatable bonds is 6. The van der Waals surface area contributed by atoms with Crippen LogP contribution in [0.1, 0.15) is 40.5 Å². The van der Waals surface area contributed by atoms with E-state index in [1.54, 1.807) is 0 Å². The van der Waals surface area contributed by atoms with Crippen LogP contribution >= 0.6 is 0 Å². The monoisotopic (exact) mass is 329 g/mol. The Morgan fingerprint density at radius 2 is 1.00 bits per heavy atom. The molecule has 0 saturated heterocycles. The Bertz CT molecular complexity index is 311. The van der Waals surface area contributed by atoms with E-state index in [4.69, 9.17) is 20.4 Å². The van der Waals surface area contributed by atoms with Gasteiger partial charge in [0.25, 0.3) is 0 Å². The number of hydrogen-bond donors (Lipinski definition) is 7. The molecule has 0 heterocycles. The first-order valence-electron chi connectivity index (χ1n) is 5.81. The van der Waals surface area contributed by atoms with Gasteiger partial charge >= 0.3 is 17.9 Å². The Labute approximate surface area is 130 Å². The summed E-state index contributed by atoms with van der Waals surface area (Å²) in [5, 5.41) is 33.8. The number of aliphatic carboxylic acids is 3. The normalized spacial score (nSPS) is 9.41. The molecule has 0 amide bonds. The second kappa shape index (κ2) is 14.2. The fraction of sp³-hybridized carbons (Fsp3) is 0.750. The first-order chi connectivity index (χ1) is 8.42. The molecule has 0 rings (SSSR count). The van der Waals surface area contributed by atoms with Crippen molar-refractivity contribution in [3.8, 4) is 0 Å². The van der Waals surface area contributed by atoms with Crippen molar-refractivity contribution in [3.63, 3.8) is 0 Å². The van der Waals surface area contributed by atoms with Crippen LogP contribution in [-0.2, 0) is 14.4 Å². The van der Waals surface area contributed by atoms with E-state index < -0.39 is 36.4 Å². The molecule has 0 aromatic rings. The highest BCUT2D eigenvalue weighted by molar-refractivity contribution is 5.88. The Morgan fingerprint density at radius 1 is 0.773 bits per heavy atom. The van der Waals surface area contributed by atoms with Crippen molar-refractivity contribution in [2.24, 2.45) is 11.8 Å². The molecule has 0 bridgehead atoms. The van der Waals surface area contributed by atoms with Crippen molar-refractivity contribution in [1.82, 2.24) is 18.5 Å². The molecule has 10 nitrogen and oxygen atoms in total. The van der Waals surface area contributed by atoms with Crippen LogP contribution in [0.3, 0.4) is 0 Å². The predicted octanol–water partition coefficient (Wildman–Crippen LogP) is 1.54. The van der Waals surface area contributed by atoms with Crippen LogP contribution in [0.5, 0.6) is 0 Å². The van der Waals surface area contributed by atoms with Crippen molar-refractivity contribution in [1.29, 1.82) is 0 Å². The lowest BCUT2D eigenvalue weighted by Gasteiger charge is -2.18. The van der Waals surface area contributed by atoms with E-state index in [0.717, 1.165) is 11.8 Å². The Balaban J connectivity index is -0.0000000933. The molecule has 0 aromatic heterocycles. The molecule has 0 aliphatic heterocycles. The van der Waals surface area contributed by atoms with Gasteiger partial charge in [-0.2, -0.15) is 0 Å². The quantitative estimate of drug-likeness (QED) is 0.370. The highest BCUT2D eigenvalue weighted by Gasteiger charge is 2.40. The molecule has 0 aliphatic rings. The molecule has 10 heteroatoms. The zero-order valence-corrected chi connectivity index (χ0v) is 13.7. The standard InChI is InChI=1S/C6H8O7.C6H14.3H3N/c7-3(8)1-6(13,5(11)12)2-4(9)10;1-5(2)6(3)4;;;/h13H,1-2H2,(H,7,8)(H,9,10)(H,11,12);5-6H,1-4H3;3*1H3. The second-order valence-corrected chi connectivity index (χ2v) is 4.97. The first-order valence-corrected chi connectivity index (χ1v) is 5.81. The molecule has 0 saturated carbocycles. The molecule has 13 N–H and O–H groups in total. The summed E-state index contributed by atoms with van der Waals surface area (Å²) in [5.41, 5.74) is -2.74. The van der Waals surface area contributed by atoms with Gasteiger partial charge in [-0.25, -0.2) is 4.79 Å². The Kier molecular flexibility index (Phi) is 20.8. The number of carboxylic acids is 3. The summed E-state index contributed by atoms with van der Waals surface area (Å²) in [7, 11) is 0. The largest absolute Gasteiger partial charge is 0.481 e. The van der Waals surface area contributed by atoms with Gasteiger partial charge in [-0.3, -0.25) is 9.59 Å². The maximum Gasteiger partial charge on any atom is 0.336 e. The van der Waals surface area contributed by atoms with Gasteiger partial charge in [0.1, 0.15) is 0 Å². The molecule has 0 spiro atoms. The molecule has 0 atom stereocenters. The summed E-state index contributed by atoms with van der Waals surface area (Å²) in [5.74, 6) is -3.32. The summed E-state index contributed by atoms with van der Waals surface area (Å²) >= 11 is 0. The van der Waals surface area contributed by atoms with Crippen molar-refractivity contribution >= 4 is 17.9 Å². The van der Waals surface area contributed by atoms with Crippen LogP contribution in [0.15, 0.2) is 0 Å². The lowest BCUT2D eigenvalue weighted by atomic mass is 9.96. The van der Waals surface area contributed by atoms with Crippen molar-refractivity contribution < 1.29 is 34.8 Å². The third-order valence-corrected chi connectivity index (χ3v) is 2.62. The third kappa shape index (κ3) is 16.3. The van der Waals surface area contributed by atoms with E-state index >= 15 is 0 Å². The van der Waals surface area contributed by atoms with Gasteiger partial charge in [-0.1, -0.05) is 27.7 Å². The zero-order valence-electron chi connectivity index (χ0n) is 13.7. The average molecular weight is 329 g/mol. The Hall–Kier alpha value is -1.75. The van der Waals surface area contributed by atoms with E-state index in [1.165, 1.54) is 0 Å². The maximum absolute atomic E-state index is 10.3. The summed E-state index contributed by atoms with van der Waals surface area (Å²) in [6, 6.07) is 0. The van der Waals surface area contributed by atoms with Crippen LogP contribution in [0.4, 0.5) is 0 Å². The average Bonchev–Trinajstić information content (AvgIpc) is 2.14. The van der Waals surface area contributed by atoms with E-state index in [-0.39, 0.29) is 18.5 Å². The zero-order chi connectivity index (χ0) is 15.8. The van der Waals surface area contributed by atoms with Crippen molar-refractivity contribution in [2.75, 3.05) is 0 Å². The minimum absolute atomic E-state index is 0. The number of carboxylic acid groups (broad SMARTS) is 3. The molecule has 0 fully saturated rings. The van der Waals surface area contributed by atoms with Gasteiger partial charge in [-0.15, -0.1) is 0 Å². The van der Waals surface area contributed by atoms with Gasteiger partial charge in [0, 0.05) is 0 Å². The summed E-state index contributed by atoms with van der Waals surface area (Å²) in [6.45, 7) is 8.96. The smallest absolute Gasteiger partial charge is 0.336 e. The van der Waals surface area contributed by atoms with Crippen LogP contribution in [0.2, 0.25) is 0 Å². The predicted molar refractivity (Wildman–Crippen MR) is 81.8 cm³/mol. The number of hydrogen-bond acceptors (Lipinski definition) is 7. The topological polar surface area (TPSA) is 237 Å². The number of carbonyl (C=O) groups is 3. The highest BCUT2D eigenvalue weighted by Crippen LogP contribution is 2.15. The highest BCUT2D eigenvalue weighted by atomic mass is 16.4. The molecule has 0 aromatic carbocycles. The van der Waals surface area contributed by atoms with Gasteiger partial charge in [0.2, 0.25) is 0 Å². The fourth-order valence-corrected chi connectivity index (χ4v) is 0.714. The lowest BCUT2D eigenvalue weighted by Crippen LogP contribution is -2.42. The first kappa shape index (κ1) is 32.3. The van der Waals surface area contributed by atoms with Crippen molar-refractivity contribution in [2.45, 2.75) is 46.1 Å². The summed E-state index contributed by atoms with van der Waals surface area (Å²) < 4.78 is 0. The van der Waals surface area contributed by atoms with Crippen LogP contribution in [0, 0.1) is 11.8 Å². The van der Waals surface area contributed by atoms with E-state index in [1.807, 2.05) is 0 Å². The molecular formula is C12H31N3O7. The Morgan fingerprint density at radius 3 is 1.09 bits per heavy atom. The lowest BCUT2D eigenvalue weighted by molar-refractivity contribution is -0.170. The fourth-order valence-electron chi connectivity index (χ4n) is 0.714. The molecular weight excluding hydrogens is 298 g/mol. The molecule has 22 heavy (non-hydrogen) atoms. The minimum atomic E-state index is -2.74. The summed E-state index contributed by atoms with van der Waals surface area (Å²) in [4.78, 5) is 30.5. The molecule has 0 unspecified atom stereocenters. The van der Waals surface area contributed by atoms with E-state index in [2.05, 4.69) is 27.7 Å². The van der Waals surface area contributed by atoms with E-state index in [0.29, 0.717) is 0 Å². The summed E-state index contributed by atoms with van der Waals surface area (Å²) in [6.07, 6.45) is -2.29. The van der Waals surface area contributed by atoms with Gasteiger partial charge in [0.05, 0.1) is 12.8 Å². The van der Waals surface area contributed by atoms with Gasteiger partial charge in [0.15, 0.2) is 5.60 Å².